The fourth-order valence-corrected chi connectivity index (χ4v) is 2.38. The number of halogens is 2. The van der Waals surface area contributed by atoms with Crippen LogP contribution in [0.25, 0.3) is 0 Å². The normalized spacial score (nSPS) is 10.3. The second kappa shape index (κ2) is 4.92. The van der Waals surface area contributed by atoms with Crippen LogP contribution in [0.4, 0.5) is 0 Å². The molecule has 0 aromatic carbocycles. The predicted octanol–water partition coefficient (Wildman–Crippen LogP) is 3.44. The third-order valence-corrected chi connectivity index (χ3v) is 3.59. The van der Waals surface area contributed by atoms with Gasteiger partial charge in [-0.2, -0.15) is 0 Å². The number of hydrogen-bond donors (Lipinski definition) is 0. The average molecular weight is 303 g/mol. The maximum atomic E-state index is 5.75. The highest BCUT2D eigenvalue weighted by molar-refractivity contribution is 9.10. The van der Waals surface area contributed by atoms with E-state index in [2.05, 4.69) is 30.9 Å². The number of aromatic nitrogens is 3. The van der Waals surface area contributed by atoms with Gasteiger partial charge >= 0.3 is 0 Å². The third-order valence-electron chi connectivity index (χ3n) is 1.53. The summed E-state index contributed by atoms with van der Waals surface area (Å²) in [6.07, 6.45) is 3.16. The first kappa shape index (κ1) is 10.9. The summed E-state index contributed by atoms with van der Waals surface area (Å²) in [5.74, 6) is 0. The Morgan fingerprint density at radius 2 is 2.13 bits per heavy atom. The van der Waals surface area contributed by atoms with E-state index in [-0.39, 0.29) is 0 Å². The van der Waals surface area contributed by atoms with Crippen molar-refractivity contribution in [1.82, 2.24) is 15.0 Å². The Balaban J connectivity index is 2.26. The smallest absolute Gasteiger partial charge is 0.133 e. The lowest BCUT2D eigenvalue weighted by molar-refractivity contribution is 1.03. The molecule has 0 aliphatic rings. The van der Waals surface area contributed by atoms with Crippen molar-refractivity contribution in [2.45, 2.75) is 10.1 Å². The Bertz CT molecular complexity index is 480. The van der Waals surface area contributed by atoms with Gasteiger partial charge in [0.15, 0.2) is 0 Å². The minimum Gasteiger partial charge on any atom is -0.248 e. The van der Waals surface area contributed by atoms with Crippen LogP contribution in [0.1, 0.15) is 0 Å². The molecule has 2 rings (SSSR count). The van der Waals surface area contributed by atoms with Crippen LogP contribution in [0.5, 0.6) is 0 Å². The van der Waals surface area contributed by atoms with Crippen molar-refractivity contribution >= 4 is 39.3 Å². The molecule has 0 aliphatic heterocycles. The molecule has 0 spiro atoms. The molecule has 15 heavy (non-hydrogen) atoms. The Labute approximate surface area is 104 Å². The Kier molecular flexibility index (Phi) is 3.56. The van der Waals surface area contributed by atoms with E-state index < -0.39 is 0 Å². The molecular weight excluding hydrogens is 298 g/mol. The van der Waals surface area contributed by atoms with Gasteiger partial charge < -0.3 is 0 Å². The van der Waals surface area contributed by atoms with Crippen molar-refractivity contribution in [3.05, 3.63) is 40.3 Å². The summed E-state index contributed by atoms with van der Waals surface area (Å²) >= 11 is 10.6. The molecule has 0 bridgehead atoms. The summed E-state index contributed by atoms with van der Waals surface area (Å²) in [7, 11) is 0. The van der Waals surface area contributed by atoms with Crippen LogP contribution in [0, 0.1) is 0 Å². The first-order valence-electron chi connectivity index (χ1n) is 4.01. The highest BCUT2D eigenvalue weighted by Crippen LogP contribution is 2.30. The van der Waals surface area contributed by atoms with Crippen molar-refractivity contribution in [2.75, 3.05) is 0 Å². The highest BCUT2D eigenvalue weighted by atomic mass is 79.9. The van der Waals surface area contributed by atoms with Gasteiger partial charge in [-0.3, -0.25) is 0 Å². The lowest BCUT2D eigenvalue weighted by Gasteiger charge is -2.01. The molecule has 0 N–H and O–H groups in total. The third kappa shape index (κ3) is 2.90. The van der Waals surface area contributed by atoms with E-state index in [4.69, 9.17) is 11.6 Å². The van der Waals surface area contributed by atoms with Crippen LogP contribution >= 0.6 is 39.3 Å². The van der Waals surface area contributed by atoms with Crippen LogP contribution < -0.4 is 0 Å². The first-order chi connectivity index (χ1) is 7.25. The van der Waals surface area contributed by atoms with E-state index >= 15 is 0 Å². The van der Waals surface area contributed by atoms with Gasteiger partial charge in [-0.05, 0) is 39.8 Å². The highest BCUT2D eigenvalue weighted by Gasteiger charge is 2.04. The Morgan fingerprint density at radius 1 is 1.27 bits per heavy atom. The van der Waals surface area contributed by atoms with Crippen LogP contribution in [-0.4, -0.2) is 15.0 Å². The summed E-state index contributed by atoms with van der Waals surface area (Å²) in [6, 6.07) is 5.49. The molecule has 0 atom stereocenters. The van der Waals surface area contributed by atoms with Gasteiger partial charge in [0.25, 0.3) is 0 Å². The number of pyridine rings is 1. The second-order valence-corrected chi connectivity index (χ2v) is 4.82. The largest absolute Gasteiger partial charge is 0.248 e. The van der Waals surface area contributed by atoms with Gasteiger partial charge in [-0.25, -0.2) is 15.0 Å². The van der Waals surface area contributed by atoms with E-state index in [9.17, 15) is 0 Å². The van der Waals surface area contributed by atoms with Crippen LogP contribution in [0.15, 0.2) is 45.2 Å². The number of rotatable bonds is 2. The molecule has 0 unspecified atom stereocenters. The lowest BCUT2D eigenvalue weighted by Crippen LogP contribution is -1.85. The number of nitrogens with zero attached hydrogens (tertiary/aromatic N) is 3. The fraction of sp³-hybridized carbons (Fsp3) is 0. The first-order valence-corrected chi connectivity index (χ1v) is 6.00. The lowest BCUT2D eigenvalue weighted by atomic mass is 10.5. The van der Waals surface area contributed by atoms with Gasteiger partial charge in [0.2, 0.25) is 0 Å². The monoisotopic (exact) mass is 301 g/mol. The molecule has 0 saturated heterocycles. The molecule has 0 saturated carbocycles. The van der Waals surface area contributed by atoms with Crippen molar-refractivity contribution in [1.29, 1.82) is 0 Å². The summed E-state index contributed by atoms with van der Waals surface area (Å²) < 4.78 is 0.935. The van der Waals surface area contributed by atoms with Gasteiger partial charge in [0, 0.05) is 12.3 Å². The van der Waals surface area contributed by atoms with Gasteiger partial charge in [-0.1, -0.05) is 11.6 Å². The summed E-state index contributed by atoms with van der Waals surface area (Å²) in [6.45, 7) is 0. The van der Waals surface area contributed by atoms with E-state index in [1.54, 1.807) is 12.3 Å². The predicted molar refractivity (Wildman–Crippen MR) is 63.1 cm³/mol. The molecule has 3 nitrogen and oxygen atoms in total. The second-order valence-electron chi connectivity index (χ2n) is 2.57. The van der Waals surface area contributed by atoms with Crippen LogP contribution in [-0.2, 0) is 0 Å². The Morgan fingerprint density at radius 3 is 2.87 bits per heavy atom. The molecule has 2 aromatic rings. The average Bonchev–Trinajstić information content (AvgIpc) is 2.22. The van der Waals surface area contributed by atoms with Crippen LogP contribution in [0.3, 0.4) is 0 Å². The molecular formula is C9H5BrClN3S. The summed E-state index contributed by atoms with van der Waals surface area (Å²) in [5, 5.41) is 2.06. The minimum atomic E-state index is 0.430. The van der Waals surface area contributed by atoms with Crippen molar-refractivity contribution in [2.24, 2.45) is 0 Å². The molecule has 2 aromatic heterocycles. The minimum absolute atomic E-state index is 0.430. The molecule has 76 valence electrons. The Hall–Kier alpha value is -0.650. The molecule has 0 aliphatic carbocycles. The van der Waals surface area contributed by atoms with Crippen molar-refractivity contribution in [3.8, 4) is 0 Å². The zero-order chi connectivity index (χ0) is 10.7. The van der Waals surface area contributed by atoms with Gasteiger partial charge in [0.05, 0.1) is 4.47 Å². The quantitative estimate of drug-likeness (QED) is 0.797. The van der Waals surface area contributed by atoms with E-state index in [1.807, 2.05) is 12.1 Å². The fourth-order valence-electron chi connectivity index (χ4n) is 0.919. The van der Waals surface area contributed by atoms with Crippen molar-refractivity contribution < 1.29 is 0 Å². The zero-order valence-electron chi connectivity index (χ0n) is 7.39. The standard InChI is InChI=1S/C9H5BrClN3S/c10-6-2-1-3-12-9(6)15-8-4-7(11)13-5-14-8/h1-5H. The molecule has 0 amide bonds. The molecule has 2 heterocycles. The van der Waals surface area contributed by atoms with E-state index in [1.165, 1.54) is 18.1 Å². The van der Waals surface area contributed by atoms with Crippen molar-refractivity contribution in [3.63, 3.8) is 0 Å². The number of hydrogen-bond acceptors (Lipinski definition) is 4. The van der Waals surface area contributed by atoms with Gasteiger partial charge in [-0.15, -0.1) is 0 Å². The van der Waals surface area contributed by atoms with E-state index in [0.717, 1.165) is 14.5 Å². The molecule has 0 radical (unpaired) electrons. The zero-order valence-corrected chi connectivity index (χ0v) is 10.6. The molecule has 6 heteroatoms. The van der Waals surface area contributed by atoms with Gasteiger partial charge in [0.1, 0.15) is 21.5 Å². The SMILES string of the molecule is Clc1cc(Sc2ncccc2Br)ncn1. The summed E-state index contributed by atoms with van der Waals surface area (Å²) in [4.78, 5) is 12.1. The maximum Gasteiger partial charge on any atom is 0.133 e. The maximum absolute atomic E-state index is 5.75. The molecule has 0 fully saturated rings. The summed E-state index contributed by atoms with van der Waals surface area (Å²) in [5.41, 5.74) is 0. The topological polar surface area (TPSA) is 38.7 Å². The van der Waals surface area contributed by atoms with Crippen LogP contribution in [0.2, 0.25) is 5.15 Å². The van der Waals surface area contributed by atoms with E-state index in [0.29, 0.717) is 5.15 Å².